The fourth-order valence-corrected chi connectivity index (χ4v) is 2.96. The number of piperidine rings is 1. The molecular weight excluding hydrogens is 445 g/mol. The van der Waals surface area contributed by atoms with Crippen molar-refractivity contribution in [2.75, 3.05) is 45.8 Å². The molecular formula is C24H34FN3O6. The third-order valence-electron chi connectivity index (χ3n) is 4.90. The predicted octanol–water partition coefficient (Wildman–Crippen LogP) is 3.86. The summed E-state index contributed by atoms with van der Waals surface area (Å²) in [6, 6.07) is 6.36. The maximum Gasteiger partial charge on any atom is 0.305 e. The number of hydrogen-bond acceptors (Lipinski definition) is 8. The van der Waals surface area contributed by atoms with E-state index in [1.807, 2.05) is 0 Å². The number of carboxylic acids is 1. The van der Waals surface area contributed by atoms with Crippen molar-refractivity contribution in [3.8, 4) is 17.2 Å². The lowest BCUT2D eigenvalue weighted by Crippen LogP contribution is -2.34. The van der Waals surface area contributed by atoms with E-state index in [2.05, 4.69) is 15.6 Å². The summed E-state index contributed by atoms with van der Waals surface area (Å²) in [5, 5.41) is 14.3. The minimum Gasteiger partial charge on any atom is -0.491 e. The number of hydrogen-bond donors (Lipinski definition) is 3. The maximum atomic E-state index is 14.5. The molecule has 0 aliphatic carbocycles. The topological polar surface area (TPSA) is 111 Å². The molecule has 1 fully saturated rings. The Kier molecular flexibility index (Phi) is 11.3. The Morgan fingerprint density at radius 2 is 1.94 bits per heavy atom. The van der Waals surface area contributed by atoms with Crippen LogP contribution < -0.4 is 24.8 Å². The molecule has 1 aromatic heterocycles. The largest absolute Gasteiger partial charge is 0.491 e. The van der Waals surface area contributed by atoms with Crippen LogP contribution >= 0.6 is 0 Å². The third kappa shape index (κ3) is 8.68. The Bertz CT molecular complexity index is 906. The average molecular weight is 480 g/mol. The molecule has 9 nitrogen and oxygen atoms in total. The monoisotopic (exact) mass is 479 g/mol. The van der Waals surface area contributed by atoms with E-state index in [0.29, 0.717) is 36.3 Å². The number of carboxylic acid groups (broad SMARTS) is 1. The van der Waals surface area contributed by atoms with Crippen molar-refractivity contribution < 1.29 is 33.2 Å². The van der Waals surface area contributed by atoms with Crippen LogP contribution in [0.25, 0.3) is 0 Å². The lowest BCUT2D eigenvalue weighted by atomic mass is 10.1. The van der Waals surface area contributed by atoms with Crippen molar-refractivity contribution in [3.05, 3.63) is 36.3 Å². The first-order valence-corrected chi connectivity index (χ1v) is 11.2. The molecule has 0 saturated carbocycles. The van der Waals surface area contributed by atoms with E-state index in [0.717, 1.165) is 25.9 Å². The van der Waals surface area contributed by atoms with Gasteiger partial charge in [-0.15, -0.1) is 0 Å². The Morgan fingerprint density at radius 3 is 2.53 bits per heavy atom. The summed E-state index contributed by atoms with van der Waals surface area (Å²) in [5.41, 5.74) is 0.268. The predicted molar refractivity (Wildman–Crippen MR) is 127 cm³/mol. The van der Waals surface area contributed by atoms with E-state index in [9.17, 15) is 9.18 Å². The number of rotatable bonds is 10. The van der Waals surface area contributed by atoms with Gasteiger partial charge in [0, 0.05) is 25.4 Å². The highest BCUT2D eigenvalue weighted by Crippen LogP contribution is 2.37. The summed E-state index contributed by atoms with van der Waals surface area (Å²) in [5.74, 6) is 0.431. The molecule has 188 valence electrons. The van der Waals surface area contributed by atoms with Gasteiger partial charge in [0.25, 0.3) is 0 Å². The first-order chi connectivity index (χ1) is 16.3. The number of benzene rings is 1. The first-order valence-electron chi connectivity index (χ1n) is 11.2. The van der Waals surface area contributed by atoms with Gasteiger partial charge in [0.1, 0.15) is 24.3 Å². The highest BCUT2D eigenvalue weighted by Gasteiger charge is 2.19. The molecule has 0 unspecified atom stereocenters. The van der Waals surface area contributed by atoms with E-state index in [1.165, 1.54) is 6.07 Å². The summed E-state index contributed by atoms with van der Waals surface area (Å²) in [4.78, 5) is 14.0. The van der Waals surface area contributed by atoms with Crippen molar-refractivity contribution in [2.45, 2.75) is 32.8 Å². The zero-order chi connectivity index (χ0) is 24.9. The molecule has 1 aliphatic heterocycles. The SMILES string of the molecule is CC(C)C(=O)O.COCCOc1ccc(Nc2nccc(OC3CCNCC3)c2OC)c(F)c1. The van der Waals surface area contributed by atoms with Gasteiger partial charge in [-0.2, -0.15) is 0 Å². The highest BCUT2D eigenvalue weighted by molar-refractivity contribution is 5.69. The van der Waals surface area contributed by atoms with E-state index in [1.54, 1.807) is 52.5 Å². The van der Waals surface area contributed by atoms with E-state index in [4.69, 9.17) is 24.1 Å². The van der Waals surface area contributed by atoms with Crippen LogP contribution in [0.4, 0.5) is 15.9 Å². The molecule has 34 heavy (non-hydrogen) atoms. The number of halogens is 1. The Labute approximate surface area is 199 Å². The molecule has 0 atom stereocenters. The van der Waals surface area contributed by atoms with Crippen LogP contribution in [0.15, 0.2) is 30.5 Å². The minimum atomic E-state index is -0.741. The number of ether oxygens (including phenoxy) is 4. The highest BCUT2D eigenvalue weighted by atomic mass is 19.1. The molecule has 1 aliphatic rings. The first kappa shape index (κ1) is 27.1. The zero-order valence-electron chi connectivity index (χ0n) is 20.1. The van der Waals surface area contributed by atoms with Gasteiger partial charge < -0.3 is 34.7 Å². The minimum absolute atomic E-state index is 0.116. The summed E-state index contributed by atoms with van der Waals surface area (Å²) >= 11 is 0. The van der Waals surface area contributed by atoms with Gasteiger partial charge in [0.2, 0.25) is 5.75 Å². The number of methoxy groups -OCH3 is 2. The fourth-order valence-electron chi connectivity index (χ4n) is 2.96. The summed E-state index contributed by atoms with van der Waals surface area (Å²) < 4.78 is 36.4. The van der Waals surface area contributed by atoms with Crippen molar-refractivity contribution in [3.63, 3.8) is 0 Å². The molecule has 2 heterocycles. The van der Waals surface area contributed by atoms with Gasteiger partial charge in [-0.3, -0.25) is 4.79 Å². The van der Waals surface area contributed by atoms with Crippen LogP contribution in [0.3, 0.4) is 0 Å². The smallest absolute Gasteiger partial charge is 0.305 e. The van der Waals surface area contributed by atoms with E-state index >= 15 is 0 Å². The molecule has 0 radical (unpaired) electrons. The van der Waals surface area contributed by atoms with Crippen molar-refractivity contribution in [2.24, 2.45) is 5.92 Å². The molecule has 10 heteroatoms. The lowest BCUT2D eigenvalue weighted by Gasteiger charge is -2.25. The molecule has 0 spiro atoms. The number of pyridine rings is 1. The van der Waals surface area contributed by atoms with Gasteiger partial charge in [-0.25, -0.2) is 9.37 Å². The van der Waals surface area contributed by atoms with E-state index in [-0.39, 0.29) is 17.7 Å². The molecule has 1 saturated heterocycles. The van der Waals surface area contributed by atoms with E-state index < -0.39 is 11.8 Å². The van der Waals surface area contributed by atoms with Gasteiger partial charge >= 0.3 is 5.97 Å². The molecule has 3 N–H and O–H groups in total. The average Bonchev–Trinajstić information content (AvgIpc) is 2.82. The summed E-state index contributed by atoms with van der Waals surface area (Å²) in [6.07, 6.45) is 3.58. The Morgan fingerprint density at radius 1 is 1.24 bits per heavy atom. The van der Waals surface area contributed by atoms with Crippen LogP contribution in [0.5, 0.6) is 17.2 Å². The van der Waals surface area contributed by atoms with Crippen molar-refractivity contribution >= 4 is 17.5 Å². The molecule has 3 rings (SSSR count). The summed E-state index contributed by atoms with van der Waals surface area (Å²) in [6.45, 7) is 5.92. The number of nitrogens with zero attached hydrogens (tertiary/aromatic N) is 1. The zero-order valence-corrected chi connectivity index (χ0v) is 20.1. The van der Waals surface area contributed by atoms with Gasteiger partial charge in [0.05, 0.1) is 25.3 Å². The second-order valence-corrected chi connectivity index (χ2v) is 7.86. The van der Waals surface area contributed by atoms with Crippen LogP contribution in [-0.4, -0.2) is 62.7 Å². The number of aliphatic carboxylic acids is 1. The Balaban J connectivity index is 0.000000604. The van der Waals surface area contributed by atoms with Crippen LogP contribution in [0.2, 0.25) is 0 Å². The Hall–Kier alpha value is -3.11. The van der Waals surface area contributed by atoms with Gasteiger partial charge in [-0.05, 0) is 38.1 Å². The summed E-state index contributed by atoms with van der Waals surface area (Å²) in [7, 11) is 3.13. The number of anilines is 2. The van der Waals surface area contributed by atoms with Gasteiger partial charge in [0.15, 0.2) is 11.6 Å². The molecule has 0 bridgehead atoms. The lowest BCUT2D eigenvalue weighted by molar-refractivity contribution is -0.140. The van der Waals surface area contributed by atoms with Crippen LogP contribution in [0, 0.1) is 11.7 Å². The number of carbonyl (C=O) groups is 1. The second kappa shape index (κ2) is 14.2. The van der Waals surface area contributed by atoms with Crippen LogP contribution in [-0.2, 0) is 9.53 Å². The standard InChI is InChI=1S/C20H26FN3O4.C4H8O2/c1-25-11-12-27-15-3-4-17(16(21)13-15)24-20-19(26-2)18(7-10-23-20)28-14-5-8-22-9-6-14;1-3(2)4(5)6/h3-4,7,10,13-14,22H,5-6,8-9,11-12H2,1-2H3,(H,23,24);3H,1-2H3,(H,5,6). The number of nitrogens with one attached hydrogen (secondary N) is 2. The normalized spacial score (nSPS) is 13.6. The van der Waals surface area contributed by atoms with Crippen LogP contribution in [0.1, 0.15) is 26.7 Å². The van der Waals surface area contributed by atoms with Crippen molar-refractivity contribution in [1.29, 1.82) is 0 Å². The molecule has 1 aromatic carbocycles. The fraction of sp³-hybridized carbons (Fsp3) is 0.500. The maximum absolute atomic E-state index is 14.5. The molecule has 0 amide bonds. The number of aromatic nitrogens is 1. The quantitative estimate of drug-likeness (QED) is 0.438. The van der Waals surface area contributed by atoms with Crippen molar-refractivity contribution in [1.82, 2.24) is 10.3 Å². The van der Waals surface area contributed by atoms with Gasteiger partial charge in [-0.1, -0.05) is 13.8 Å². The third-order valence-corrected chi connectivity index (χ3v) is 4.90. The molecule has 2 aromatic rings. The second-order valence-electron chi connectivity index (χ2n) is 7.86.